The van der Waals surface area contributed by atoms with Crippen LogP contribution in [0.15, 0.2) is 18.2 Å². The van der Waals surface area contributed by atoms with Gasteiger partial charge in [-0.2, -0.15) is 0 Å². The lowest BCUT2D eigenvalue weighted by Gasteiger charge is -2.29. The van der Waals surface area contributed by atoms with E-state index in [1.807, 2.05) is 0 Å². The molecule has 0 aromatic heterocycles. The van der Waals surface area contributed by atoms with Gasteiger partial charge in [0.2, 0.25) is 6.41 Å². The van der Waals surface area contributed by atoms with E-state index in [1.54, 1.807) is 37.1 Å². The van der Waals surface area contributed by atoms with Crippen molar-refractivity contribution in [3.8, 4) is 11.5 Å². The first-order valence-corrected chi connectivity index (χ1v) is 7.85. The largest absolute Gasteiger partial charge is 0.493 e. The minimum Gasteiger partial charge on any atom is -0.493 e. The SMILES string of the molecule is CCOC(=O)c1ccc(OCC2CCN(C=O)CC2)c(OC)c1. The number of benzene rings is 1. The van der Waals surface area contributed by atoms with Gasteiger partial charge in [-0.1, -0.05) is 0 Å². The third-order valence-corrected chi connectivity index (χ3v) is 3.95. The molecule has 1 aliphatic heterocycles. The molecular weight excluding hydrogens is 298 g/mol. The van der Waals surface area contributed by atoms with E-state index in [4.69, 9.17) is 14.2 Å². The predicted octanol–water partition coefficient (Wildman–Crippen LogP) is 2.12. The average Bonchev–Trinajstić information content (AvgIpc) is 2.60. The van der Waals surface area contributed by atoms with Crippen LogP contribution in [0.25, 0.3) is 0 Å². The molecule has 0 bridgehead atoms. The van der Waals surface area contributed by atoms with E-state index in [9.17, 15) is 9.59 Å². The number of hydrogen-bond donors (Lipinski definition) is 0. The molecule has 0 radical (unpaired) electrons. The molecule has 6 heteroatoms. The van der Waals surface area contributed by atoms with E-state index in [0.29, 0.717) is 36.2 Å². The number of carbonyl (C=O) groups is 2. The van der Waals surface area contributed by atoms with E-state index in [1.165, 1.54) is 0 Å². The fourth-order valence-electron chi connectivity index (χ4n) is 2.56. The van der Waals surface area contributed by atoms with E-state index in [0.717, 1.165) is 32.3 Å². The van der Waals surface area contributed by atoms with Crippen molar-refractivity contribution in [2.24, 2.45) is 5.92 Å². The molecule has 1 aromatic carbocycles. The zero-order chi connectivity index (χ0) is 16.7. The van der Waals surface area contributed by atoms with Crippen LogP contribution in [0.4, 0.5) is 0 Å². The van der Waals surface area contributed by atoms with Crippen LogP contribution >= 0.6 is 0 Å². The van der Waals surface area contributed by atoms with Crippen LogP contribution in [0.5, 0.6) is 11.5 Å². The summed E-state index contributed by atoms with van der Waals surface area (Å²) in [6, 6.07) is 5.03. The van der Waals surface area contributed by atoms with Crippen LogP contribution in [-0.2, 0) is 9.53 Å². The number of rotatable bonds is 7. The van der Waals surface area contributed by atoms with Gasteiger partial charge >= 0.3 is 5.97 Å². The maximum atomic E-state index is 11.7. The third-order valence-electron chi connectivity index (χ3n) is 3.95. The topological polar surface area (TPSA) is 65.1 Å². The number of carbonyl (C=O) groups excluding carboxylic acids is 2. The van der Waals surface area contributed by atoms with Crippen LogP contribution in [0, 0.1) is 5.92 Å². The van der Waals surface area contributed by atoms with Crippen LogP contribution in [0.2, 0.25) is 0 Å². The number of ether oxygens (including phenoxy) is 3. The van der Waals surface area contributed by atoms with E-state index >= 15 is 0 Å². The summed E-state index contributed by atoms with van der Waals surface area (Å²) in [6.45, 7) is 4.22. The Bertz CT molecular complexity index is 538. The van der Waals surface area contributed by atoms with Gasteiger partial charge in [0.05, 0.1) is 25.9 Å². The monoisotopic (exact) mass is 321 g/mol. The molecule has 1 saturated heterocycles. The summed E-state index contributed by atoms with van der Waals surface area (Å²) < 4.78 is 16.1. The second-order valence-corrected chi connectivity index (χ2v) is 5.48. The molecule has 23 heavy (non-hydrogen) atoms. The Labute approximate surface area is 136 Å². The van der Waals surface area contributed by atoms with Crippen molar-refractivity contribution in [1.82, 2.24) is 4.90 Å². The Kier molecular flexibility index (Phi) is 6.26. The highest BCUT2D eigenvalue weighted by Crippen LogP contribution is 2.29. The average molecular weight is 321 g/mol. The lowest BCUT2D eigenvalue weighted by Crippen LogP contribution is -2.34. The summed E-state index contributed by atoms with van der Waals surface area (Å²) in [5, 5.41) is 0. The first-order chi connectivity index (χ1) is 11.2. The van der Waals surface area contributed by atoms with Crippen LogP contribution in [-0.4, -0.2) is 50.7 Å². The number of nitrogens with zero attached hydrogens (tertiary/aromatic N) is 1. The van der Waals surface area contributed by atoms with Crippen molar-refractivity contribution >= 4 is 12.4 Å². The molecule has 0 saturated carbocycles. The predicted molar refractivity (Wildman–Crippen MR) is 84.8 cm³/mol. The van der Waals surface area contributed by atoms with Gasteiger partial charge in [0.25, 0.3) is 0 Å². The van der Waals surface area contributed by atoms with Crippen LogP contribution in [0.1, 0.15) is 30.1 Å². The van der Waals surface area contributed by atoms with Crippen LogP contribution in [0.3, 0.4) is 0 Å². The van der Waals surface area contributed by atoms with E-state index in [2.05, 4.69) is 0 Å². The number of amides is 1. The summed E-state index contributed by atoms with van der Waals surface area (Å²) >= 11 is 0. The standard InChI is InChI=1S/C17H23NO5/c1-3-22-17(20)14-4-5-15(16(10-14)21-2)23-11-13-6-8-18(12-19)9-7-13/h4-5,10,12-13H,3,6-9,11H2,1-2H3. The number of methoxy groups -OCH3 is 1. The Morgan fingerprint density at radius 1 is 1.30 bits per heavy atom. The third kappa shape index (κ3) is 4.61. The molecule has 0 aliphatic carbocycles. The normalized spacial score (nSPS) is 15.1. The lowest BCUT2D eigenvalue weighted by molar-refractivity contribution is -0.119. The van der Waals surface area contributed by atoms with Crippen LogP contribution < -0.4 is 9.47 Å². The summed E-state index contributed by atoms with van der Waals surface area (Å²) in [6.07, 6.45) is 2.76. The van der Waals surface area contributed by atoms with Gasteiger partial charge in [-0.05, 0) is 43.9 Å². The highest BCUT2D eigenvalue weighted by atomic mass is 16.5. The van der Waals surface area contributed by atoms with Crippen molar-refractivity contribution in [1.29, 1.82) is 0 Å². The fourth-order valence-corrected chi connectivity index (χ4v) is 2.56. The van der Waals surface area contributed by atoms with Gasteiger partial charge < -0.3 is 19.1 Å². The Hall–Kier alpha value is -2.24. The zero-order valence-electron chi connectivity index (χ0n) is 13.6. The summed E-state index contributed by atoms with van der Waals surface area (Å²) in [5.74, 6) is 1.17. The first kappa shape index (κ1) is 17.1. The first-order valence-electron chi connectivity index (χ1n) is 7.85. The van der Waals surface area contributed by atoms with Crippen molar-refractivity contribution in [3.05, 3.63) is 23.8 Å². The molecule has 1 amide bonds. The molecule has 0 unspecified atom stereocenters. The smallest absolute Gasteiger partial charge is 0.338 e. The maximum Gasteiger partial charge on any atom is 0.338 e. The van der Waals surface area contributed by atoms with Gasteiger partial charge in [0, 0.05) is 13.1 Å². The second kappa shape index (κ2) is 8.41. The quantitative estimate of drug-likeness (QED) is 0.568. The van der Waals surface area contributed by atoms with Crippen molar-refractivity contribution in [2.75, 3.05) is 33.4 Å². The number of hydrogen-bond acceptors (Lipinski definition) is 5. The highest BCUT2D eigenvalue weighted by Gasteiger charge is 2.19. The highest BCUT2D eigenvalue weighted by molar-refractivity contribution is 5.90. The lowest BCUT2D eigenvalue weighted by atomic mass is 9.98. The van der Waals surface area contributed by atoms with E-state index in [-0.39, 0.29) is 5.97 Å². The summed E-state index contributed by atoms with van der Waals surface area (Å²) in [7, 11) is 1.54. The molecule has 2 rings (SSSR count). The molecule has 126 valence electrons. The molecule has 0 atom stereocenters. The van der Waals surface area contributed by atoms with Gasteiger partial charge in [-0.3, -0.25) is 4.79 Å². The number of piperidine rings is 1. The van der Waals surface area contributed by atoms with Crippen molar-refractivity contribution < 1.29 is 23.8 Å². The maximum absolute atomic E-state index is 11.7. The van der Waals surface area contributed by atoms with E-state index < -0.39 is 0 Å². The molecule has 6 nitrogen and oxygen atoms in total. The molecule has 1 fully saturated rings. The molecular formula is C17H23NO5. The van der Waals surface area contributed by atoms with Crippen molar-refractivity contribution in [2.45, 2.75) is 19.8 Å². The fraction of sp³-hybridized carbons (Fsp3) is 0.529. The molecule has 0 spiro atoms. The number of likely N-dealkylation sites (tertiary alicyclic amines) is 1. The Morgan fingerprint density at radius 2 is 2.04 bits per heavy atom. The summed E-state index contributed by atoms with van der Waals surface area (Å²) in [5.41, 5.74) is 0.440. The Balaban J connectivity index is 1.94. The van der Waals surface area contributed by atoms with Gasteiger partial charge in [-0.25, -0.2) is 4.79 Å². The molecule has 1 aliphatic rings. The summed E-state index contributed by atoms with van der Waals surface area (Å²) in [4.78, 5) is 24.2. The van der Waals surface area contributed by atoms with Gasteiger partial charge in [0.15, 0.2) is 11.5 Å². The minimum atomic E-state index is -0.376. The van der Waals surface area contributed by atoms with Crippen molar-refractivity contribution in [3.63, 3.8) is 0 Å². The molecule has 0 N–H and O–H groups in total. The zero-order valence-corrected chi connectivity index (χ0v) is 13.6. The second-order valence-electron chi connectivity index (χ2n) is 5.48. The molecule has 1 heterocycles. The molecule has 1 aromatic rings. The Morgan fingerprint density at radius 3 is 2.65 bits per heavy atom. The van der Waals surface area contributed by atoms with Gasteiger partial charge in [-0.15, -0.1) is 0 Å². The number of esters is 1. The van der Waals surface area contributed by atoms with Gasteiger partial charge in [0.1, 0.15) is 0 Å². The minimum absolute atomic E-state index is 0.332.